The molecule has 0 bridgehead atoms. The minimum atomic E-state index is 0.281. The number of aliphatic hydroxyl groups excluding tert-OH is 1. The number of nitrogens with one attached hydrogen (secondary N) is 1. The van der Waals surface area contributed by atoms with Crippen LogP contribution in [0, 0.1) is 5.92 Å². The Morgan fingerprint density at radius 1 is 1.38 bits per heavy atom. The highest BCUT2D eigenvalue weighted by Gasteiger charge is 2.03. The van der Waals surface area contributed by atoms with Crippen molar-refractivity contribution in [3.05, 3.63) is 0 Å². The lowest BCUT2D eigenvalue weighted by molar-refractivity contribution is 0.230. The average molecular weight is 205 g/mol. The van der Waals surface area contributed by atoms with Crippen molar-refractivity contribution in [3.63, 3.8) is 0 Å². The zero-order valence-corrected chi connectivity index (χ0v) is 9.86. The molecule has 3 heteroatoms. The molecular formula is C10H23NOS. The van der Waals surface area contributed by atoms with Crippen molar-refractivity contribution in [2.45, 2.75) is 33.2 Å². The van der Waals surface area contributed by atoms with E-state index in [4.69, 9.17) is 5.11 Å². The highest BCUT2D eigenvalue weighted by molar-refractivity contribution is 7.99. The van der Waals surface area contributed by atoms with Crippen molar-refractivity contribution < 1.29 is 5.11 Å². The predicted molar refractivity (Wildman–Crippen MR) is 61.3 cm³/mol. The molecule has 0 aromatic heterocycles. The fourth-order valence-electron chi connectivity index (χ4n) is 0.973. The first-order chi connectivity index (χ1) is 6.20. The summed E-state index contributed by atoms with van der Waals surface area (Å²) >= 11 is 1.99. The lowest BCUT2D eigenvalue weighted by atomic mass is 10.2. The van der Waals surface area contributed by atoms with Gasteiger partial charge < -0.3 is 10.4 Å². The summed E-state index contributed by atoms with van der Waals surface area (Å²) in [6, 6.07) is 0.577. The molecule has 2 atom stereocenters. The Kier molecular flexibility index (Phi) is 9.03. The molecule has 0 aromatic carbocycles. The molecule has 0 saturated carbocycles. The minimum Gasteiger partial charge on any atom is -0.396 e. The molecule has 0 aliphatic rings. The lowest BCUT2D eigenvalue weighted by Crippen LogP contribution is -2.31. The Hall–Kier alpha value is 0.270. The zero-order valence-electron chi connectivity index (χ0n) is 9.05. The van der Waals surface area contributed by atoms with Crippen LogP contribution in [0.3, 0.4) is 0 Å². The van der Waals surface area contributed by atoms with Gasteiger partial charge in [0.05, 0.1) is 0 Å². The van der Waals surface area contributed by atoms with Gasteiger partial charge in [-0.05, 0) is 30.8 Å². The normalized spacial score (nSPS) is 15.7. The van der Waals surface area contributed by atoms with Crippen molar-refractivity contribution in [1.82, 2.24) is 5.32 Å². The molecule has 13 heavy (non-hydrogen) atoms. The van der Waals surface area contributed by atoms with Crippen LogP contribution >= 0.6 is 11.8 Å². The van der Waals surface area contributed by atoms with E-state index < -0.39 is 0 Å². The first-order valence-electron chi connectivity index (χ1n) is 5.12. The van der Waals surface area contributed by atoms with Crippen LogP contribution in [0.4, 0.5) is 0 Å². The van der Waals surface area contributed by atoms with Crippen molar-refractivity contribution in [1.29, 1.82) is 0 Å². The molecule has 0 aliphatic carbocycles. The van der Waals surface area contributed by atoms with E-state index >= 15 is 0 Å². The van der Waals surface area contributed by atoms with Gasteiger partial charge in [0.15, 0.2) is 0 Å². The molecule has 0 heterocycles. The van der Waals surface area contributed by atoms with Crippen molar-refractivity contribution in [2.24, 2.45) is 5.92 Å². The van der Waals surface area contributed by atoms with Gasteiger partial charge >= 0.3 is 0 Å². The van der Waals surface area contributed by atoms with Crippen molar-refractivity contribution >= 4 is 11.8 Å². The third-order valence-corrected chi connectivity index (χ3v) is 2.96. The molecule has 2 unspecified atom stereocenters. The zero-order chi connectivity index (χ0) is 10.1. The second-order valence-electron chi connectivity index (χ2n) is 3.58. The topological polar surface area (TPSA) is 32.3 Å². The quantitative estimate of drug-likeness (QED) is 0.592. The van der Waals surface area contributed by atoms with Crippen LogP contribution in [-0.4, -0.2) is 35.8 Å². The molecular weight excluding hydrogens is 182 g/mol. The summed E-state index contributed by atoms with van der Waals surface area (Å²) in [6.45, 7) is 7.66. The van der Waals surface area contributed by atoms with Gasteiger partial charge in [0.25, 0.3) is 0 Å². The summed E-state index contributed by atoms with van der Waals surface area (Å²) in [7, 11) is 0. The Balaban J connectivity index is 3.24. The number of rotatable bonds is 8. The summed E-state index contributed by atoms with van der Waals surface area (Å²) in [5, 5.41) is 12.2. The first-order valence-corrected chi connectivity index (χ1v) is 6.28. The van der Waals surface area contributed by atoms with Gasteiger partial charge in [-0.1, -0.05) is 13.8 Å². The number of hydrogen-bond acceptors (Lipinski definition) is 3. The molecule has 0 radical (unpaired) electrons. The van der Waals surface area contributed by atoms with Crippen LogP contribution in [0.1, 0.15) is 27.2 Å². The van der Waals surface area contributed by atoms with E-state index in [9.17, 15) is 0 Å². The minimum absolute atomic E-state index is 0.281. The van der Waals surface area contributed by atoms with Crippen molar-refractivity contribution in [2.75, 3.05) is 24.7 Å². The number of hydrogen-bond donors (Lipinski definition) is 2. The Morgan fingerprint density at radius 3 is 2.62 bits per heavy atom. The molecule has 2 nitrogen and oxygen atoms in total. The smallest absolute Gasteiger partial charge is 0.0468 e. The largest absolute Gasteiger partial charge is 0.396 e. The monoisotopic (exact) mass is 205 g/mol. The van der Waals surface area contributed by atoms with Gasteiger partial charge in [-0.2, -0.15) is 11.8 Å². The molecule has 0 aromatic rings. The number of thioether (sulfide) groups is 1. The highest BCUT2D eigenvalue weighted by atomic mass is 32.2. The Bertz CT molecular complexity index is 111. The molecule has 0 saturated heterocycles. The Labute approximate surface area is 86.5 Å². The van der Waals surface area contributed by atoms with E-state index in [2.05, 4.69) is 26.1 Å². The number of aliphatic hydroxyl groups is 1. The summed E-state index contributed by atoms with van der Waals surface area (Å²) in [5.74, 6) is 2.82. The molecule has 0 rings (SSSR count). The molecule has 80 valence electrons. The predicted octanol–water partition coefficient (Wildman–Crippen LogP) is 1.74. The molecule has 0 amide bonds. The Morgan fingerprint density at radius 2 is 2.08 bits per heavy atom. The van der Waals surface area contributed by atoms with Gasteiger partial charge in [0.1, 0.15) is 0 Å². The standard InChI is InChI=1S/C10H23NOS/c1-4-13-6-5-10(3)11-7-9(2)8-12/h9-12H,4-8H2,1-3H3. The van der Waals surface area contributed by atoms with Gasteiger partial charge in [-0.15, -0.1) is 0 Å². The summed E-state index contributed by atoms with van der Waals surface area (Å²) in [5.41, 5.74) is 0. The first kappa shape index (κ1) is 13.3. The highest BCUT2D eigenvalue weighted by Crippen LogP contribution is 2.04. The third-order valence-electron chi connectivity index (χ3n) is 2.03. The van der Waals surface area contributed by atoms with E-state index in [-0.39, 0.29) is 6.61 Å². The molecule has 0 spiro atoms. The van der Waals surface area contributed by atoms with E-state index in [0.29, 0.717) is 12.0 Å². The van der Waals surface area contributed by atoms with E-state index in [1.165, 1.54) is 17.9 Å². The van der Waals surface area contributed by atoms with E-state index in [1.54, 1.807) is 0 Å². The van der Waals surface area contributed by atoms with Crippen molar-refractivity contribution in [3.8, 4) is 0 Å². The van der Waals surface area contributed by atoms with Crippen LogP contribution in [0.5, 0.6) is 0 Å². The van der Waals surface area contributed by atoms with E-state index in [1.807, 2.05) is 11.8 Å². The van der Waals surface area contributed by atoms with Crippen LogP contribution in [0.25, 0.3) is 0 Å². The van der Waals surface area contributed by atoms with Gasteiger partial charge in [-0.25, -0.2) is 0 Å². The molecule has 2 N–H and O–H groups in total. The van der Waals surface area contributed by atoms with Crippen LogP contribution in [-0.2, 0) is 0 Å². The molecule has 0 fully saturated rings. The van der Waals surface area contributed by atoms with Gasteiger partial charge in [0, 0.05) is 19.2 Å². The summed E-state index contributed by atoms with van der Waals surface area (Å²) in [6.07, 6.45) is 1.22. The maximum atomic E-state index is 8.82. The maximum absolute atomic E-state index is 8.82. The summed E-state index contributed by atoms with van der Waals surface area (Å²) < 4.78 is 0. The average Bonchev–Trinajstić information content (AvgIpc) is 2.14. The molecule has 0 aliphatic heterocycles. The van der Waals surface area contributed by atoms with Gasteiger partial charge in [-0.3, -0.25) is 0 Å². The van der Waals surface area contributed by atoms with Crippen LogP contribution in [0.15, 0.2) is 0 Å². The van der Waals surface area contributed by atoms with Gasteiger partial charge in [0.2, 0.25) is 0 Å². The maximum Gasteiger partial charge on any atom is 0.0468 e. The lowest BCUT2D eigenvalue weighted by Gasteiger charge is -2.15. The van der Waals surface area contributed by atoms with Crippen LogP contribution in [0.2, 0.25) is 0 Å². The second-order valence-corrected chi connectivity index (χ2v) is 4.98. The third kappa shape index (κ3) is 8.60. The SMILES string of the molecule is CCSCCC(C)NCC(C)CO. The fourth-order valence-corrected chi connectivity index (χ4v) is 1.78. The second kappa shape index (κ2) is 8.85. The van der Waals surface area contributed by atoms with Crippen LogP contribution < -0.4 is 5.32 Å². The van der Waals surface area contributed by atoms with E-state index in [0.717, 1.165) is 6.54 Å². The summed E-state index contributed by atoms with van der Waals surface area (Å²) in [4.78, 5) is 0. The fraction of sp³-hybridized carbons (Fsp3) is 1.00.